The van der Waals surface area contributed by atoms with E-state index in [1.807, 2.05) is 6.92 Å². The van der Waals surface area contributed by atoms with Gasteiger partial charge in [-0.05, 0) is 12.8 Å². The Morgan fingerprint density at radius 1 is 1.43 bits per heavy atom. The molecule has 0 radical (unpaired) electrons. The van der Waals surface area contributed by atoms with Gasteiger partial charge in [-0.1, -0.05) is 26.2 Å². The normalized spacial score (nSPS) is 20.4. The van der Waals surface area contributed by atoms with Crippen LogP contribution in [0, 0.1) is 5.92 Å². The van der Waals surface area contributed by atoms with Gasteiger partial charge in [0.2, 0.25) is 0 Å². The summed E-state index contributed by atoms with van der Waals surface area (Å²) in [6, 6.07) is 0.621. The first kappa shape index (κ1) is 11.5. The molecule has 0 heterocycles. The summed E-state index contributed by atoms with van der Waals surface area (Å²) in [5.74, 6) is -0.143. The predicted octanol–water partition coefficient (Wildman–Crippen LogP) is 1.72. The second kappa shape index (κ2) is 6.02. The van der Waals surface area contributed by atoms with E-state index in [-0.39, 0.29) is 11.9 Å². The number of carbonyl (C=O) groups excluding carboxylic acids is 1. The summed E-state index contributed by atoms with van der Waals surface area (Å²) in [4.78, 5) is 11.1. The van der Waals surface area contributed by atoms with Crippen LogP contribution in [0.2, 0.25) is 0 Å². The van der Waals surface area contributed by atoms with Gasteiger partial charge in [0, 0.05) is 12.6 Å². The van der Waals surface area contributed by atoms with Gasteiger partial charge in [-0.15, -0.1) is 0 Å². The molecule has 3 heteroatoms. The first-order valence-corrected chi connectivity index (χ1v) is 5.55. The van der Waals surface area contributed by atoms with Gasteiger partial charge >= 0.3 is 5.97 Å². The van der Waals surface area contributed by atoms with Gasteiger partial charge in [0.15, 0.2) is 0 Å². The number of hydrogen-bond acceptors (Lipinski definition) is 3. The smallest absolute Gasteiger partial charge is 0.309 e. The average Bonchev–Trinajstić information content (AvgIpc) is 2.26. The maximum atomic E-state index is 11.1. The monoisotopic (exact) mass is 199 g/mol. The Hall–Kier alpha value is -0.570. The fraction of sp³-hybridized carbons (Fsp3) is 0.909. The number of rotatable bonds is 4. The van der Waals surface area contributed by atoms with E-state index in [1.54, 1.807) is 0 Å². The molecule has 0 saturated heterocycles. The van der Waals surface area contributed by atoms with Crippen molar-refractivity contribution in [3.63, 3.8) is 0 Å². The number of ether oxygens (including phenoxy) is 1. The summed E-state index contributed by atoms with van der Waals surface area (Å²) in [6.45, 7) is 2.65. The van der Waals surface area contributed by atoms with Crippen molar-refractivity contribution in [2.45, 2.75) is 45.1 Å². The Morgan fingerprint density at radius 3 is 2.64 bits per heavy atom. The molecule has 0 bridgehead atoms. The van der Waals surface area contributed by atoms with Crippen molar-refractivity contribution in [3.05, 3.63) is 0 Å². The van der Waals surface area contributed by atoms with Gasteiger partial charge in [0.05, 0.1) is 13.0 Å². The number of carbonyl (C=O) groups is 1. The van der Waals surface area contributed by atoms with Gasteiger partial charge in [0.1, 0.15) is 0 Å². The molecular formula is C11H21NO2. The third-order valence-corrected chi connectivity index (χ3v) is 2.92. The molecule has 1 rings (SSSR count). The summed E-state index contributed by atoms with van der Waals surface area (Å²) >= 11 is 0. The fourth-order valence-electron chi connectivity index (χ4n) is 1.93. The molecule has 1 saturated carbocycles. The summed E-state index contributed by atoms with van der Waals surface area (Å²) in [5, 5.41) is 3.44. The zero-order chi connectivity index (χ0) is 10.4. The summed E-state index contributed by atoms with van der Waals surface area (Å²) < 4.78 is 4.67. The number of methoxy groups -OCH3 is 1. The van der Waals surface area contributed by atoms with Crippen molar-refractivity contribution in [2.75, 3.05) is 13.7 Å². The number of nitrogens with one attached hydrogen (secondary N) is 1. The Labute approximate surface area is 86.2 Å². The molecule has 0 amide bonds. The van der Waals surface area contributed by atoms with Gasteiger partial charge in [-0.25, -0.2) is 0 Å². The van der Waals surface area contributed by atoms with Gasteiger partial charge in [0.25, 0.3) is 0 Å². The van der Waals surface area contributed by atoms with E-state index in [9.17, 15) is 4.79 Å². The molecule has 14 heavy (non-hydrogen) atoms. The van der Waals surface area contributed by atoms with Gasteiger partial charge in [-0.2, -0.15) is 0 Å². The Kier molecular flexibility index (Phi) is 4.94. The minimum Gasteiger partial charge on any atom is -0.469 e. The molecule has 1 fully saturated rings. The highest BCUT2D eigenvalue weighted by atomic mass is 16.5. The lowest BCUT2D eigenvalue weighted by atomic mass is 9.95. The third-order valence-electron chi connectivity index (χ3n) is 2.92. The van der Waals surface area contributed by atoms with Crippen LogP contribution in [0.4, 0.5) is 0 Å². The molecule has 1 atom stereocenters. The number of esters is 1. The molecule has 0 unspecified atom stereocenters. The maximum Gasteiger partial charge on any atom is 0.309 e. The summed E-state index contributed by atoms with van der Waals surface area (Å²) in [7, 11) is 1.44. The molecule has 1 aliphatic carbocycles. The second-order valence-corrected chi connectivity index (χ2v) is 4.17. The lowest BCUT2D eigenvalue weighted by molar-refractivity contribution is -0.144. The minimum absolute atomic E-state index is 0.0260. The van der Waals surface area contributed by atoms with E-state index >= 15 is 0 Å². The van der Waals surface area contributed by atoms with Crippen molar-refractivity contribution in [2.24, 2.45) is 5.92 Å². The molecule has 1 aliphatic rings. The van der Waals surface area contributed by atoms with Crippen LogP contribution >= 0.6 is 0 Å². The highest BCUT2D eigenvalue weighted by Crippen LogP contribution is 2.17. The van der Waals surface area contributed by atoms with E-state index < -0.39 is 0 Å². The lowest BCUT2D eigenvalue weighted by Gasteiger charge is -2.23. The highest BCUT2D eigenvalue weighted by Gasteiger charge is 2.17. The van der Waals surface area contributed by atoms with Crippen LogP contribution in [0.5, 0.6) is 0 Å². The molecule has 0 aliphatic heterocycles. The second-order valence-electron chi connectivity index (χ2n) is 4.17. The number of hydrogen-bond donors (Lipinski definition) is 1. The Bertz CT molecular complexity index is 176. The third kappa shape index (κ3) is 3.66. The van der Waals surface area contributed by atoms with Crippen LogP contribution in [-0.4, -0.2) is 25.7 Å². The predicted molar refractivity (Wildman–Crippen MR) is 56.1 cm³/mol. The summed E-state index contributed by atoms with van der Waals surface area (Å²) in [5.41, 5.74) is 0. The van der Waals surface area contributed by atoms with E-state index in [0.29, 0.717) is 6.04 Å². The molecule has 0 aromatic carbocycles. The molecule has 3 nitrogen and oxygen atoms in total. The highest BCUT2D eigenvalue weighted by molar-refractivity contribution is 5.72. The van der Waals surface area contributed by atoms with Crippen LogP contribution < -0.4 is 5.32 Å². The van der Waals surface area contributed by atoms with Crippen molar-refractivity contribution < 1.29 is 9.53 Å². The molecule has 0 aromatic rings. The van der Waals surface area contributed by atoms with Crippen LogP contribution in [0.3, 0.4) is 0 Å². The molecule has 82 valence electrons. The van der Waals surface area contributed by atoms with Crippen LogP contribution in [0.25, 0.3) is 0 Å². The summed E-state index contributed by atoms with van der Waals surface area (Å²) in [6.07, 6.45) is 6.53. The van der Waals surface area contributed by atoms with Crippen LogP contribution in [-0.2, 0) is 9.53 Å². The largest absolute Gasteiger partial charge is 0.469 e. The van der Waals surface area contributed by atoms with Crippen molar-refractivity contribution >= 4 is 5.97 Å². The van der Waals surface area contributed by atoms with Gasteiger partial charge in [-0.3, -0.25) is 4.79 Å². The first-order chi connectivity index (χ1) is 6.74. The molecule has 0 spiro atoms. The molecular weight excluding hydrogens is 178 g/mol. The molecule has 1 N–H and O–H groups in total. The zero-order valence-corrected chi connectivity index (χ0v) is 9.21. The van der Waals surface area contributed by atoms with Crippen molar-refractivity contribution in [1.29, 1.82) is 0 Å². The van der Waals surface area contributed by atoms with E-state index in [1.165, 1.54) is 39.2 Å². The Balaban J connectivity index is 2.15. The topological polar surface area (TPSA) is 38.3 Å². The van der Waals surface area contributed by atoms with Gasteiger partial charge < -0.3 is 10.1 Å². The SMILES string of the molecule is COC(=O)[C@@H](C)CNC1CCCCC1. The van der Waals surface area contributed by atoms with Crippen LogP contribution in [0.1, 0.15) is 39.0 Å². The standard InChI is InChI=1S/C11H21NO2/c1-9(11(13)14-2)8-12-10-6-4-3-5-7-10/h9-10,12H,3-8H2,1-2H3/t9-/m0/s1. The zero-order valence-electron chi connectivity index (χ0n) is 9.21. The van der Waals surface area contributed by atoms with E-state index in [2.05, 4.69) is 10.1 Å². The van der Waals surface area contributed by atoms with Crippen molar-refractivity contribution in [1.82, 2.24) is 5.32 Å². The minimum atomic E-state index is -0.117. The maximum absolute atomic E-state index is 11.1. The first-order valence-electron chi connectivity index (χ1n) is 5.55. The Morgan fingerprint density at radius 2 is 2.07 bits per heavy atom. The fourth-order valence-corrected chi connectivity index (χ4v) is 1.93. The van der Waals surface area contributed by atoms with E-state index in [0.717, 1.165) is 6.54 Å². The average molecular weight is 199 g/mol. The van der Waals surface area contributed by atoms with Crippen LogP contribution in [0.15, 0.2) is 0 Å². The lowest BCUT2D eigenvalue weighted by Crippen LogP contribution is -2.36. The van der Waals surface area contributed by atoms with Crippen molar-refractivity contribution in [3.8, 4) is 0 Å². The quantitative estimate of drug-likeness (QED) is 0.701. The van der Waals surface area contributed by atoms with E-state index in [4.69, 9.17) is 0 Å². The molecule has 0 aromatic heterocycles.